The van der Waals surface area contributed by atoms with E-state index in [0.29, 0.717) is 6.54 Å². The molecule has 122 valence electrons. The molecule has 0 aliphatic carbocycles. The zero-order valence-electron chi connectivity index (χ0n) is 12.9. The molecule has 2 N–H and O–H groups in total. The number of aryl methyl sites for hydroxylation is 1. The minimum absolute atomic E-state index is 0.0762. The highest BCUT2D eigenvalue weighted by Crippen LogP contribution is 2.19. The highest BCUT2D eigenvalue weighted by Gasteiger charge is 2.17. The molecular formula is C17H18F3N2O+. The maximum Gasteiger partial charge on any atom is 0.279 e. The van der Waals surface area contributed by atoms with Gasteiger partial charge in [0.2, 0.25) is 0 Å². The Hall–Kier alpha value is -2.34. The lowest BCUT2D eigenvalue weighted by Gasteiger charge is -2.15. The van der Waals surface area contributed by atoms with E-state index in [4.69, 9.17) is 0 Å². The number of nitrogens with one attached hydrogen (secondary N) is 2. The molecule has 0 spiro atoms. The molecule has 2 rings (SSSR count). The van der Waals surface area contributed by atoms with Crippen molar-refractivity contribution in [3.05, 3.63) is 65.0 Å². The van der Waals surface area contributed by atoms with Gasteiger partial charge in [-0.05, 0) is 24.6 Å². The fourth-order valence-electron chi connectivity index (χ4n) is 2.29. The lowest BCUT2D eigenvalue weighted by Crippen LogP contribution is -3.08. The quantitative estimate of drug-likeness (QED) is 0.812. The SMILES string of the molecule is Cc1ccccc1C[NH+](C)CC(=O)Nc1ccc(F)c(F)c1F. The van der Waals surface area contributed by atoms with Crippen LogP contribution in [0.15, 0.2) is 36.4 Å². The molecular weight excluding hydrogens is 305 g/mol. The fourth-order valence-corrected chi connectivity index (χ4v) is 2.29. The number of carbonyl (C=O) groups excluding carboxylic acids is 1. The van der Waals surface area contributed by atoms with Crippen LogP contribution in [0.3, 0.4) is 0 Å². The summed E-state index contributed by atoms with van der Waals surface area (Å²) in [4.78, 5) is 12.8. The van der Waals surface area contributed by atoms with Gasteiger partial charge in [-0.15, -0.1) is 0 Å². The Kier molecular flexibility index (Phi) is 5.39. The van der Waals surface area contributed by atoms with Crippen LogP contribution < -0.4 is 10.2 Å². The van der Waals surface area contributed by atoms with Gasteiger partial charge in [0, 0.05) is 5.56 Å². The second-order valence-electron chi connectivity index (χ2n) is 5.51. The number of anilines is 1. The van der Waals surface area contributed by atoms with Crippen LogP contribution in [0.4, 0.5) is 18.9 Å². The first-order valence-electron chi connectivity index (χ1n) is 7.17. The van der Waals surface area contributed by atoms with Crippen molar-refractivity contribution < 1.29 is 22.9 Å². The van der Waals surface area contributed by atoms with Gasteiger partial charge in [0.1, 0.15) is 6.54 Å². The lowest BCUT2D eigenvalue weighted by molar-refractivity contribution is -0.885. The van der Waals surface area contributed by atoms with Gasteiger partial charge in [0.15, 0.2) is 24.0 Å². The van der Waals surface area contributed by atoms with Crippen molar-refractivity contribution in [3.63, 3.8) is 0 Å². The van der Waals surface area contributed by atoms with Gasteiger partial charge in [-0.1, -0.05) is 24.3 Å². The normalized spacial score (nSPS) is 12.0. The Morgan fingerprint density at radius 1 is 1.09 bits per heavy atom. The molecule has 23 heavy (non-hydrogen) atoms. The third-order valence-corrected chi connectivity index (χ3v) is 3.53. The maximum atomic E-state index is 13.5. The van der Waals surface area contributed by atoms with E-state index >= 15 is 0 Å². The van der Waals surface area contributed by atoms with Crippen LogP contribution in [0.1, 0.15) is 11.1 Å². The number of hydrogen-bond donors (Lipinski definition) is 2. The summed E-state index contributed by atoms with van der Waals surface area (Å²) in [7, 11) is 1.83. The van der Waals surface area contributed by atoms with Crippen molar-refractivity contribution in [2.75, 3.05) is 18.9 Å². The lowest BCUT2D eigenvalue weighted by atomic mass is 10.1. The molecule has 0 aliphatic rings. The van der Waals surface area contributed by atoms with Gasteiger partial charge in [0.25, 0.3) is 5.91 Å². The van der Waals surface area contributed by atoms with E-state index in [1.807, 2.05) is 38.2 Å². The number of rotatable bonds is 5. The van der Waals surface area contributed by atoms with Gasteiger partial charge in [-0.2, -0.15) is 0 Å². The van der Waals surface area contributed by atoms with E-state index in [9.17, 15) is 18.0 Å². The van der Waals surface area contributed by atoms with Gasteiger partial charge in [-0.3, -0.25) is 4.79 Å². The second-order valence-corrected chi connectivity index (χ2v) is 5.51. The van der Waals surface area contributed by atoms with Crippen molar-refractivity contribution in [1.82, 2.24) is 0 Å². The van der Waals surface area contributed by atoms with Crippen molar-refractivity contribution in [2.45, 2.75) is 13.5 Å². The number of hydrogen-bond acceptors (Lipinski definition) is 1. The van der Waals surface area contributed by atoms with Gasteiger partial charge < -0.3 is 10.2 Å². The molecule has 1 unspecified atom stereocenters. The van der Waals surface area contributed by atoms with Gasteiger partial charge in [-0.25, -0.2) is 13.2 Å². The molecule has 0 saturated carbocycles. The van der Waals surface area contributed by atoms with Crippen LogP contribution in [0, 0.1) is 24.4 Å². The van der Waals surface area contributed by atoms with Crippen LogP contribution >= 0.6 is 0 Å². The standard InChI is InChI=1S/C17H17F3N2O/c1-11-5-3-4-6-12(11)9-22(2)10-15(23)21-14-8-7-13(18)16(19)17(14)20/h3-8H,9-10H2,1-2H3,(H,21,23)/p+1. The highest BCUT2D eigenvalue weighted by atomic mass is 19.2. The second kappa shape index (κ2) is 7.28. The largest absolute Gasteiger partial charge is 0.326 e. The van der Waals surface area contributed by atoms with Gasteiger partial charge in [0.05, 0.1) is 12.7 Å². The average Bonchev–Trinajstić information content (AvgIpc) is 2.50. The predicted molar refractivity (Wildman–Crippen MR) is 81.6 cm³/mol. The highest BCUT2D eigenvalue weighted by molar-refractivity contribution is 5.91. The number of amides is 1. The fraction of sp³-hybridized carbons (Fsp3) is 0.235. The Labute approximate surface area is 132 Å². The predicted octanol–water partition coefficient (Wildman–Crippen LogP) is 2.07. The van der Waals surface area contributed by atoms with Crippen molar-refractivity contribution in [3.8, 4) is 0 Å². The van der Waals surface area contributed by atoms with E-state index < -0.39 is 23.4 Å². The summed E-state index contributed by atoms with van der Waals surface area (Å²) in [5.41, 5.74) is 1.87. The van der Waals surface area contributed by atoms with Crippen LogP contribution in [0.25, 0.3) is 0 Å². The van der Waals surface area contributed by atoms with Crippen LogP contribution in [-0.4, -0.2) is 19.5 Å². The van der Waals surface area contributed by atoms with Crippen molar-refractivity contribution >= 4 is 11.6 Å². The van der Waals surface area contributed by atoms with Crippen molar-refractivity contribution in [2.24, 2.45) is 0 Å². The monoisotopic (exact) mass is 323 g/mol. The summed E-state index contributed by atoms with van der Waals surface area (Å²) in [6.07, 6.45) is 0. The molecule has 0 fully saturated rings. The molecule has 0 aliphatic heterocycles. The Bertz CT molecular complexity index is 719. The van der Waals surface area contributed by atoms with E-state index in [1.165, 1.54) is 0 Å². The summed E-state index contributed by atoms with van der Waals surface area (Å²) in [5.74, 6) is -4.75. The van der Waals surface area contributed by atoms with Crippen LogP contribution in [0.2, 0.25) is 0 Å². The Morgan fingerprint density at radius 2 is 1.78 bits per heavy atom. The summed E-state index contributed by atoms with van der Waals surface area (Å²) in [5, 5.41) is 2.27. The smallest absolute Gasteiger partial charge is 0.279 e. The third-order valence-electron chi connectivity index (χ3n) is 3.53. The summed E-state index contributed by atoms with van der Waals surface area (Å²) >= 11 is 0. The molecule has 6 heteroatoms. The molecule has 0 saturated heterocycles. The average molecular weight is 323 g/mol. The summed E-state index contributed by atoms with van der Waals surface area (Å²) in [6, 6.07) is 9.60. The number of benzene rings is 2. The van der Waals surface area contributed by atoms with Crippen LogP contribution in [-0.2, 0) is 11.3 Å². The Balaban J connectivity index is 1.97. The molecule has 3 nitrogen and oxygen atoms in total. The van der Waals surface area contributed by atoms with E-state index in [2.05, 4.69) is 5.32 Å². The number of quaternary nitrogens is 1. The molecule has 1 amide bonds. The van der Waals surface area contributed by atoms with E-state index in [1.54, 1.807) is 0 Å². The molecule has 0 aromatic heterocycles. The molecule has 2 aromatic rings. The molecule has 2 aromatic carbocycles. The van der Waals surface area contributed by atoms with Crippen LogP contribution in [0.5, 0.6) is 0 Å². The first-order valence-corrected chi connectivity index (χ1v) is 7.17. The zero-order chi connectivity index (χ0) is 17.0. The molecule has 0 heterocycles. The number of halogens is 3. The molecule has 1 atom stereocenters. The molecule has 0 bridgehead atoms. The third kappa shape index (κ3) is 4.32. The van der Waals surface area contributed by atoms with Gasteiger partial charge >= 0.3 is 0 Å². The summed E-state index contributed by atoms with van der Waals surface area (Å²) < 4.78 is 39.5. The maximum absolute atomic E-state index is 13.5. The molecule has 0 radical (unpaired) electrons. The van der Waals surface area contributed by atoms with E-state index in [-0.39, 0.29) is 12.2 Å². The minimum Gasteiger partial charge on any atom is -0.326 e. The number of likely N-dealkylation sites (N-methyl/N-ethyl adjacent to an activating group) is 1. The zero-order valence-corrected chi connectivity index (χ0v) is 12.9. The topological polar surface area (TPSA) is 33.5 Å². The number of carbonyl (C=O) groups is 1. The van der Waals surface area contributed by atoms with E-state index in [0.717, 1.165) is 28.2 Å². The first kappa shape index (κ1) is 17.0. The van der Waals surface area contributed by atoms with Crippen molar-refractivity contribution in [1.29, 1.82) is 0 Å². The summed E-state index contributed by atoms with van der Waals surface area (Å²) in [6.45, 7) is 2.69. The first-order chi connectivity index (χ1) is 10.9. The Morgan fingerprint density at radius 3 is 2.48 bits per heavy atom. The minimum atomic E-state index is -1.59.